The summed E-state index contributed by atoms with van der Waals surface area (Å²) in [6.07, 6.45) is 0.844. The molecule has 0 amide bonds. The molecule has 0 radical (unpaired) electrons. The van der Waals surface area contributed by atoms with Crippen LogP contribution in [0.1, 0.15) is 31.9 Å². The summed E-state index contributed by atoms with van der Waals surface area (Å²) in [6.45, 7) is 7.64. The van der Waals surface area contributed by atoms with Crippen molar-refractivity contribution in [1.29, 1.82) is 5.26 Å². The minimum Gasteiger partial charge on any atom is -0.490 e. The maximum absolute atomic E-state index is 9.06. The summed E-state index contributed by atoms with van der Waals surface area (Å²) in [7, 11) is 0. The molecule has 0 bridgehead atoms. The minimum absolute atomic E-state index is 0.250. The van der Waals surface area contributed by atoms with Crippen molar-refractivity contribution in [2.24, 2.45) is 4.99 Å². The van der Waals surface area contributed by atoms with Crippen LogP contribution in [0.5, 0.6) is 11.5 Å². The van der Waals surface area contributed by atoms with E-state index in [1.807, 2.05) is 26.0 Å². The van der Waals surface area contributed by atoms with Crippen LogP contribution in [0.4, 0.5) is 0 Å². The van der Waals surface area contributed by atoms with Crippen LogP contribution in [0, 0.1) is 11.3 Å². The SMILES string of the molecule is CCO.CCOc1cc2c(cc1OCC)C(C(S)C#N)=NCC2. The van der Waals surface area contributed by atoms with E-state index in [4.69, 9.17) is 19.8 Å². The van der Waals surface area contributed by atoms with Crippen molar-refractivity contribution in [1.82, 2.24) is 0 Å². The van der Waals surface area contributed by atoms with E-state index in [1.165, 1.54) is 0 Å². The molecule has 0 aliphatic carbocycles. The number of ether oxygens (including phenoxy) is 2. The number of fused-ring (bicyclic) bond motifs is 1. The fourth-order valence-electron chi connectivity index (χ4n) is 2.26. The zero-order valence-electron chi connectivity index (χ0n) is 13.9. The predicted octanol–water partition coefficient (Wildman–Crippen LogP) is 2.65. The van der Waals surface area contributed by atoms with E-state index >= 15 is 0 Å². The van der Waals surface area contributed by atoms with E-state index in [0.717, 1.165) is 29.0 Å². The molecule has 1 aliphatic rings. The number of nitrogens with zero attached hydrogens (tertiary/aromatic N) is 2. The molecule has 0 aromatic heterocycles. The van der Waals surface area contributed by atoms with Gasteiger partial charge in [-0.2, -0.15) is 17.9 Å². The highest BCUT2D eigenvalue weighted by atomic mass is 32.1. The summed E-state index contributed by atoms with van der Waals surface area (Å²) in [5.74, 6) is 1.45. The van der Waals surface area contributed by atoms with Gasteiger partial charge in [-0.15, -0.1) is 0 Å². The Balaban J connectivity index is 0.000000816. The lowest BCUT2D eigenvalue weighted by atomic mass is 9.95. The Hall–Kier alpha value is -1.71. The molecule has 0 saturated heterocycles. The highest BCUT2D eigenvalue weighted by molar-refractivity contribution is 7.82. The summed E-state index contributed by atoms with van der Waals surface area (Å²) >= 11 is 4.29. The third kappa shape index (κ3) is 5.15. The molecule has 1 unspecified atom stereocenters. The van der Waals surface area contributed by atoms with E-state index < -0.39 is 5.25 Å². The van der Waals surface area contributed by atoms with Crippen LogP contribution < -0.4 is 9.47 Å². The van der Waals surface area contributed by atoms with Crippen LogP contribution in [0.15, 0.2) is 17.1 Å². The Bertz CT molecular complexity index is 582. The number of aliphatic hydroxyl groups excluding tert-OH is 1. The second-order valence-electron chi connectivity index (χ2n) is 4.69. The molecule has 5 nitrogen and oxygen atoms in total. The highest BCUT2D eigenvalue weighted by Crippen LogP contribution is 2.34. The minimum atomic E-state index is -0.513. The van der Waals surface area contributed by atoms with Gasteiger partial charge in [-0.25, -0.2) is 0 Å². The average molecular weight is 336 g/mol. The molecule has 23 heavy (non-hydrogen) atoms. The summed E-state index contributed by atoms with van der Waals surface area (Å²) in [4.78, 5) is 4.44. The number of thiol groups is 1. The van der Waals surface area contributed by atoms with Gasteiger partial charge in [-0.3, -0.25) is 4.99 Å². The first-order valence-corrected chi connectivity index (χ1v) is 8.30. The molecule has 0 spiro atoms. The van der Waals surface area contributed by atoms with E-state index in [0.29, 0.717) is 25.5 Å². The van der Waals surface area contributed by atoms with Gasteiger partial charge >= 0.3 is 0 Å². The van der Waals surface area contributed by atoms with Crippen LogP contribution in [-0.4, -0.2) is 42.4 Å². The molecule has 1 aromatic carbocycles. The lowest BCUT2D eigenvalue weighted by Crippen LogP contribution is -2.21. The first-order valence-electron chi connectivity index (χ1n) is 7.78. The van der Waals surface area contributed by atoms with Gasteiger partial charge in [-0.05, 0) is 44.9 Å². The Kier molecular flexibility index (Phi) is 8.52. The molecular weight excluding hydrogens is 312 g/mol. The molecular formula is C17H24N2O3S. The van der Waals surface area contributed by atoms with Gasteiger partial charge in [-0.1, -0.05) is 0 Å². The van der Waals surface area contributed by atoms with Crippen molar-refractivity contribution in [3.05, 3.63) is 23.3 Å². The fourth-order valence-corrected chi connectivity index (χ4v) is 2.48. The number of hydrogen-bond acceptors (Lipinski definition) is 6. The molecule has 1 aliphatic heterocycles. The van der Waals surface area contributed by atoms with Gasteiger partial charge in [0.15, 0.2) is 11.5 Å². The number of aliphatic imine (C=N–C) groups is 1. The Morgan fingerprint density at radius 2 is 1.83 bits per heavy atom. The number of benzene rings is 1. The summed E-state index contributed by atoms with van der Waals surface area (Å²) in [5, 5.41) is 16.1. The lowest BCUT2D eigenvalue weighted by Gasteiger charge is -2.21. The number of aliphatic hydroxyl groups is 1. The third-order valence-electron chi connectivity index (χ3n) is 3.09. The van der Waals surface area contributed by atoms with E-state index in [2.05, 4.69) is 23.7 Å². The monoisotopic (exact) mass is 336 g/mol. The second-order valence-corrected chi connectivity index (χ2v) is 5.20. The molecule has 126 valence electrons. The average Bonchev–Trinajstić information content (AvgIpc) is 2.55. The molecule has 1 N–H and O–H groups in total. The van der Waals surface area contributed by atoms with Gasteiger partial charge in [0, 0.05) is 18.7 Å². The fraction of sp³-hybridized carbons (Fsp3) is 0.529. The zero-order chi connectivity index (χ0) is 17.2. The van der Waals surface area contributed by atoms with Crippen molar-refractivity contribution >= 4 is 18.3 Å². The van der Waals surface area contributed by atoms with Crippen LogP contribution in [0.2, 0.25) is 0 Å². The molecule has 1 atom stereocenters. The summed E-state index contributed by atoms with van der Waals surface area (Å²) in [5.41, 5.74) is 2.81. The number of hydrogen-bond donors (Lipinski definition) is 2. The smallest absolute Gasteiger partial charge is 0.161 e. The molecule has 2 rings (SSSR count). The Morgan fingerprint density at radius 1 is 1.26 bits per heavy atom. The van der Waals surface area contributed by atoms with E-state index in [-0.39, 0.29) is 6.61 Å². The molecule has 0 saturated carbocycles. The van der Waals surface area contributed by atoms with Gasteiger partial charge in [0.05, 0.1) is 25.0 Å². The predicted molar refractivity (Wildman–Crippen MR) is 95.0 cm³/mol. The van der Waals surface area contributed by atoms with Crippen LogP contribution in [0.25, 0.3) is 0 Å². The van der Waals surface area contributed by atoms with Crippen molar-refractivity contribution in [2.45, 2.75) is 32.4 Å². The molecule has 0 fully saturated rings. The van der Waals surface area contributed by atoms with E-state index in [9.17, 15) is 0 Å². The highest BCUT2D eigenvalue weighted by Gasteiger charge is 2.22. The normalized spacial score (nSPS) is 13.7. The van der Waals surface area contributed by atoms with Crippen molar-refractivity contribution in [3.8, 4) is 17.6 Å². The molecule has 6 heteroatoms. The van der Waals surface area contributed by atoms with Crippen molar-refractivity contribution in [2.75, 3.05) is 26.4 Å². The Morgan fingerprint density at radius 3 is 2.35 bits per heavy atom. The van der Waals surface area contributed by atoms with Gasteiger partial charge in [0.1, 0.15) is 5.25 Å². The maximum atomic E-state index is 9.06. The Labute approximate surface area is 143 Å². The van der Waals surface area contributed by atoms with Crippen LogP contribution >= 0.6 is 12.6 Å². The van der Waals surface area contributed by atoms with E-state index in [1.54, 1.807) is 6.92 Å². The van der Waals surface area contributed by atoms with Crippen LogP contribution in [0.3, 0.4) is 0 Å². The van der Waals surface area contributed by atoms with Gasteiger partial charge in [0.25, 0.3) is 0 Å². The number of nitriles is 1. The van der Waals surface area contributed by atoms with Crippen molar-refractivity contribution < 1.29 is 14.6 Å². The first-order chi connectivity index (χ1) is 11.1. The molecule has 1 heterocycles. The number of rotatable bonds is 5. The first kappa shape index (κ1) is 19.3. The van der Waals surface area contributed by atoms with Crippen LogP contribution in [-0.2, 0) is 6.42 Å². The standard InChI is InChI=1S/C15H18N2O2S.C2H6O/c1-3-18-12-7-10-5-6-17-15(14(20)9-16)11(10)8-13(12)19-4-2;1-2-3/h7-8,14,20H,3-6H2,1-2H3;3H,2H2,1H3. The quantitative estimate of drug-likeness (QED) is 0.811. The largest absolute Gasteiger partial charge is 0.490 e. The van der Waals surface area contributed by atoms with Gasteiger partial charge in [0.2, 0.25) is 0 Å². The third-order valence-corrected chi connectivity index (χ3v) is 3.45. The zero-order valence-corrected chi connectivity index (χ0v) is 14.8. The molecule has 1 aromatic rings. The van der Waals surface area contributed by atoms with Crippen molar-refractivity contribution in [3.63, 3.8) is 0 Å². The topological polar surface area (TPSA) is 74.8 Å². The maximum Gasteiger partial charge on any atom is 0.161 e. The second kappa shape index (κ2) is 10.1. The van der Waals surface area contributed by atoms with Gasteiger partial charge < -0.3 is 14.6 Å². The summed E-state index contributed by atoms with van der Waals surface area (Å²) < 4.78 is 11.3. The summed E-state index contributed by atoms with van der Waals surface area (Å²) in [6, 6.07) is 6.04. The lowest BCUT2D eigenvalue weighted by molar-refractivity contribution is 0.287.